The highest BCUT2D eigenvalue weighted by Crippen LogP contribution is 2.33. The quantitative estimate of drug-likeness (QED) is 0.274. The zero-order chi connectivity index (χ0) is 14.1. The van der Waals surface area contributed by atoms with Crippen molar-refractivity contribution in [2.45, 2.75) is 6.42 Å². The third kappa shape index (κ3) is 5.16. The van der Waals surface area contributed by atoms with Crippen LogP contribution in [0.2, 0.25) is 5.02 Å². The van der Waals surface area contributed by atoms with E-state index in [4.69, 9.17) is 22.2 Å². The predicted octanol–water partition coefficient (Wildman–Crippen LogP) is 3.19. The minimum absolute atomic E-state index is 0.524. The number of hydrogen-bond donors (Lipinski definition) is 1. The predicted molar refractivity (Wildman–Crippen MR) is 82.0 cm³/mol. The number of anilines is 1. The standard InChI is InChI=1S/C14H18ClN3O/c1-17-10-5-3-4-6-11-19-14-12(15)8-7-9-13(14)18(2)16/h3-5,7-10H,1,6,11,16H2,2H3/b4-3-,10-5-. The van der Waals surface area contributed by atoms with E-state index in [0.29, 0.717) is 17.4 Å². The van der Waals surface area contributed by atoms with Gasteiger partial charge in [0.05, 0.1) is 17.3 Å². The van der Waals surface area contributed by atoms with Gasteiger partial charge in [-0.2, -0.15) is 0 Å². The van der Waals surface area contributed by atoms with Crippen LogP contribution in [0.1, 0.15) is 6.42 Å². The Morgan fingerprint density at radius 2 is 2.26 bits per heavy atom. The second-order valence-corrected chi connectivity index (χ2v) is 4.20. The molecule has 0 aliphatic heterocycles. The van der Waals surface area contributed by atoms with Crippen molar-refractivity contribution in [2.75, 3.05) is 18.7 Å². The lowest BCUT2D eigenvalue weighted by molar-refractivity contribution is 0.325. The van der Waals surface area contributed by atoms with Crippen LogP contribution in [0.4, 0.5) is 5.69 Å². The number of hydrogen-bond acceptors (Lipinski definition) is 4. The van der Waals surface area contributed by atoms with Crippen LogP contribution in [0, 0.1) is 0 Å². The molecular formula is C14H18ClN3O. The molecule has 0 atom stereocenters. The molecule has 0 saturated carbocycles. The van der Waals surface area contributed by atoms with E-state index in [1.54, 1.807) is 19.3 Å². The number of benzene rings is 1. The molecule has 5 heteroatoms. The molecule has 0 aliphatic carbocycles. The molecule has 1 aromatic rings. The minimum atomic E-state index is 0.524. The van der Waals surface area contributed by atoms with Crippen LogP contribution in [0.3, 0.4) is 0 Å². The number of nitrogens with two attached hydrogens (primary N) is 1. The molecule has 0 heterocycles. The van der Waals surface area contributed by atoms with Gasteiger partial charge >= 0.3 is 0 Å². The van der Waals surface area contributed by atoms with Gasteiger partial charge in [-0.3, -0.25) is 4.99 Å². The molecule has 0 unspecified atom stereocenters. The van der Waals surface area contributed by atoms with Crippen molar-refractivity contribution < 1.29 is 4.74 Å². The van der Waals surface area contributed by atoms with E-state index < -0.39 is 0 Å². The molecule has 0 amide bonds. The first-order chi connectivity index (χ1) is 9.16. The fraction of sp³-hybridized carbons (Fsp3) is 0.214. The summed E-state index contributed by atoms with van der Waals surface area (Å²) in [5, 5.41) is 2.03. The highest BCUT2D eigenvalue weighted by atomic mass is 35.5. The zero-order valence-corrected chi connectivity index (χ0v) is 11.7. The molecule has 0 radical (unpaired) electrons. The molecule has 0 fully saturated rings. The molecule has 2 N–H and O–H groups in total. The number of rotatable bonds is 7. The molecule has 0 aromatic heterocycles. The topological polar surface area (TPSA) is 50.8 Å². The summed E-state index contributed by atoms with van der Waals surface area (Å²) in [5.41, 5.74) is 0.757. The number of halogens is 1. The number of allylic oxidation sites excluding steroid dienone is 2. The molecule has 1 rings (SSSR count). The van der Waals surface area contributed by atoms with Gasteiger partial charge in [0.2, 0.25) is 0 Å². The van der Waals surface area contributed by atoms with Crippen LogP contribution in [0.5, 0.6) is 5.75 Å². The van der Waals surface area contributed by atoms with E-state index in [2.05, 4.69) is 11.7 Å². The molecule has 1 aromatic carbocycles. The van der Waals surface area contributed by atoms with Gasteiger partial charge < -0.3 is 9.75 Å². The maximum absolute atomic E-state index is 6.10. The molecule has 0 spiro atoms. The maximum Gasteiger partial charge on any atom is 0.162 e. The van der Waals surface area contributed by atoms with Crippen LogP contribution in [-0.4, -0.2) is 20.4 Å². The lowest BCUT2D eigenvalue weighted by Crippen LogP contribution is -2.25. The molecular weight excluding hydrogens is 262 g/mol. The second-order valence-electron chi connectivity index (χ2n) is 3.79. The maximum atomic E-state index is 6.10. The van der Waals surface area contributed by atoms with Crippen LogP contribution in [-0.2, 0) is 0 Å². The largest absolute Gasteiger partial charge is 0.489 e. The zero-order valence-electron chi connectivity index (χ0n) is 10.9. The van der Waals surface area contributed by atoms with E-state index >= 15 is 0 Å². The smallest absolute Gasteiger partial charge is 0.162 e. The normalized spacial score (nSPS) is 11.1. The Kier molecular flexibility index (Phi) is 6.71. The molecule has 0 aliphatic rings. The average molecular weight is 280 g/mol. The third-order valence-corrected chi connectivity index (χ3v) is 2.59. The van der Waals surface area contributed by atoms with Gasteiger partial charge in [0.1, 0.15) is 0 Å². The van der Waals surface area contributed by atoms with Gasteiger partial charge in [-0.05, 0) is 31.3 Å². The summed E-state index contributed by atoms with van der Waals surface area (Å²) in [7, 11) is 1.74. The van der Waals surface area contributed by atoms with Gasteiger partial charge in [-0.1, -0.05) is 29.8 Å². The number of nitrogens with zero attached hydrogens (tertiary/aromatic N) is 2. The first-order valence-electron chi connectivity index (χ1n) is 5.84. The highest BCUT2D eigenvalue weighted by Gasteiger charge is 2.09. The Hall–Kier alpha value is -1.78. The Morgan fingerprint density at radius 3 is 2.95 bits per heavy atom. The monoisotopic (exact) mass is 279 g/mol. The van der Waals surface area contributed by atoms with Crippen molar-refractivity contribution in [3.05, 3.63) is 47.6 Å². The van der Waals surface area contributed by atoms with Crippen molar-refractivity contribution in [3.63, 3.8) is 0 Å². The fourth-order valence-electron chi connectivity index (χ4n) is 1.43. The first-order valence-corrected chi connectivity index (χ1v) is 6.22. The molecule has 102 valence electrons. The Balaban J connectivity index is 2.55. The SMILES string of the molecule is C=N/C=C\C=C/CCOc1c(Cl)cccc1N(C)N. The Labute approximate surface area is 118 Å². The second kappa shape index (κ2) is 8.34. The van der Waals surface area contributed by atoms with Crippen LogP contribution in [0.25, 0.3) is 0 Å². The van der Waals surface area contributed by atoms with Crippen molar-refractivity contribution in [2.24, 2.45) is 10.8 Å². The van der Waals surface area contributed by atoms with Crippen molar-refractivity contribution >= 4 is 24.0 Å². The van der Waals surface area contributed by atoms with Gasteiger partial charge in [0, 0.05) is 13.2 Å². The highest BCUT2D eigenvalue weighted by molar-refractivity contribution is 6.32. The van der Waals surface area contributed by atoms with E-state index in [9.17, 15) is 0 Å². The molecule has 0 bridgehead atoms. The summed E-state index contributed by atoms with van der Waals surface area (Å²) in [5.74, 6) is 6.33. The summed E-state index contributed by atoms with van der Waals surface area (Å²) in [4.78, 5) is 3.59. The minimum Gasteiger partial charge on any atom is -0.489 e. The van der Waals surface area contributed by atoms with Crippen molar-refractivity contribution in [1.82, 2.24) is 0 Å². The van der Waals surface area contributed by atoms with E-state index in [-0.39, 0.29) is 0 Å². The van der Waals surface area contributed by atoms with E-state index in [0.717, 1.165) is 12.1 Å². The molecule has 19 heavy (non-hydrogen) atoms. The summed E-state index contributed by atoms with van der Waals surface area (Å²) in [6.45, 7) is 3.87. The van der Waals surface area contributed by atoms with Gasteiger partial charge in [0.15, 0.2) is 5.75 Å². The summed E-state index contributed by atoms with van der Waals surface area (Å²) in [6, 6.07) is 5.47. The Morgan fingerprint density at radius 1 is 1.47 bits per heavy atom. The number of aliphatic imine (C=N–C) groups is 1. The van der Waals surface area contributed by atoms with Crippen molar-refractivity contribution in [1.29, 1.82) is 0 Å². The average Bonchev–Trinajstić information content (AvgIpc) is 2.39. The molecule has 0 saturated heterocycles. The van der Waals surface area contributed by atoms with Gasteiger partial charge in [0.25, 0.3) is 0 Å². The first kappa shape index (κ1) is 15.3. The van der Waals surface area contributed by atoms with Crippen molar-refractivity contribution in [3.8, 4) is 5.75 Å². The Bertz CT molecular complexity index is 470. The van der Waals surface area contributed by atoms with Gasteiger partial charge in [-0.15, -0.1) is 0 Å². The number of para-hydroxylation sites is 1. The fourth-order valence-corrected chi connectivity index (χ4v) is 1.66. The summed E-state index contributed by atoms with van der Waals surface area (Å²) < 4.78 is 5.67. The van der Waals surface area contributed by atoms with Crippen LogP contribution >= 0.6 is 11.6 Å². The lowest BCUT2D eigenvalue weighted by Gasteiger charge is -2.18. The third-order valence-electron chi connectivity index (χ3n) is 2.30. The summed E-state index contributed by atoms with van der Waals surface area (Å²) in [6.07, 6.45) is 8.06. The van der Waals surface area contributed by atoms with Crippen LogP contribution < -0.4 is 15.6 Å². The molecule has 4 nitrogen and oxygen atoms in total. The number of ether oxygens (including phenoxy) is 1. The number of hydrazine groups is 1. The van der Waals surface area contributed by atoms with Gasteiger partial charge in [-0.25, -0.2) is 5.84 Å². The van der Waals surface area contributed by atoms with E-state index in [1.807, 2.05) is 30.4 Å². The lowest BCUT2D eigenvalue weighted by atomic mass is 10.3. The van der Waals surface area contributed by atoms with E-state index in [1.165, 1.54) is 5.01 Å². The van der Waals surface area contributed by atoms with Crippen LogP contribution in [0.15, 0.2) is 47.6 Å². The summed E-state index contributed by atoms with van der Waals surface area (Å²) >= 11 is 6.10.